The first-order valence-electron chi connectivity index (χ1n) is 11.6. The molecule has 5 aromatic rings. The van der Waals surface area contributed by atoms with Crippen molar-refractivity contribution in [3.8, 4) is 22.3 Å². The summed E-state index contributed by atoms with van der Waals surface area (Å²) in [5.74, 6) is 0. The number of likely N-dealkylation sites (N-methyl/N-ethyl adjacent to an activating group) is 1. The van der Waals surface area contributed by atoms with Gasteiger partial charge in [0.1, 0.15) is 0 Å². The molecule has 0 saturated carbocycles. The van der Waals surface area contributed by atoms with Crippen LogP contribution in [0.25, 0.3) is 38.7 Å². The molecule has 2 N–H and O–H groups in total. The summed E-state index contributed by atoms with van der Waals surface area (Å²) in [6, 6.07) is 20.3. The van der Waals surface area contributed by atoms with Crippen LogP contribution in [0.2, 0.25) is 0 Å². The van der Waals surface area contributed by atoms with Crippen LogP contribution in [0.4, 0.5) is 5.69 Å². The molecule has 1 saturated heterocycles. The van der Waals surface area contributed by atoms with Crippen molar-refractivity contribution in [2.24, 2.45) is 5.14 Å². The van der Waals surface area contributed by atoms with Crippen LogP contribution in [0.15, 0.2) is 84.1 Å². The molecule has 7 nitrogen and oxygen atoms in total. The Hall–Kier alpha value is -3.43. The fourth-order valence-corrected chi connectivity index (χ4v) is 5.42. The van der Waals surface area contributed by atoms with Gasteiger partial charge in [-0.15, -0.1) is 5.14 Å². The van der Waals surface area contributed by atoms with Gasteiger partial charge in [0.25, 0.3) is 0 Å². The first-order valence-corrected chi connectivity index (χ1v) is 12.9. The Morgan fingerprint density at radius 2 is 1.57 bits per heavy atom. The lowest BCUT2D eigenvalue weighted by atomic mass is 10.00. The topological polar surface area (TPSA) is 85.8 Å². The van der Waals surface area contributed by atoms with E-state index in [1.807, 2.05) is 59.5 Å². The number of aromatic nitrogens is 3. The number of anilines is 1. The van der Waals surface area contributed by atoms with Crippen molar-refractivity contribution in [3.63, 3.8) is 0 Å². The van der Waals surface area contributed by atoms with Crippen molar-refractivity contribution in [1.82, 2.24) is 19.5 Å². The molecule has 2 aromatic heterocycles. The summed E-state index contributed by atoms with van der Waals surface area (Å²) in [7, 11) is 2.17. The molecule has 1 unspecified atom stereocenters. The Labute approximate surface area is 207 Å². The lowest BCUT2D eigenvalue weighted by Crippen LogP contribution is -2.44. The van der Waals surface area contributed by atoms with E-state index in [-0.39, 0.29) is 0 Å². The fraction of sp³-hybridized carbons (Fsp3) is 0.185. The summed E-state index contributed by atoms with van der Waals surface area (Å²) in [5.41, 5.74) is 6.06. The number of hydrogen-bond acceptors (Lipinski definition) is 6. The Balaban J connectivity index is 1.34. The van der Waals surface area contributed by atoms with Gasteiger partial charge in [-0.25, -0.2) is 9.50 Å². The van der Waals surface area contributed by atoms with Crippen molar-refractivity contribution in [2.75, 3.05) is 38.1 Å². The number of piperazine rings is 1. The third-order valence-corrected chi connectivity index (χ3v) is 7.61. The lowest BCUT2D eigenvalue weighted by molar-refractivity contribution is 0.313. The summed E-state index contributed by atoms with van der Waals surface area (Å²) in [6.45, 7) is 4.28. The van der Waals surface area contributed by atoms with Gasteiger partial charge in [-0.1, -0.05) is 30.3 Å². The normalized spacial score (nSPS) is 15.7. The second kappa shape index (κ2) is 8.98. The molecular formula is C27H26N6OS. The maximum absolute atomic E-state index is 12.0. The molecule has 1 fully saturated rings. The molecule has 176 valence electrons. The number of rotatable bonds is 4. The zero-order valence-corrected chi connectivity index (χ0v) is 20.3. The minimum Gasteiger partial charge on any atom is -0.593 e. The molecule has 0 aliphatic carbocycles. The Kier molecular flexibility index (Phi) is 5.66. The lowest BCUT2D eigenvalue weighted by Gasteiger charge is -2.34. The number of hydrogen-bond donors (Lipinski definition) is 1. The number of benzene rings is 3. The maximum atomic E-state index is 12.0. The van der Waals surface area contributed by atoms with Gasteiger partial charge in [0.05, 0.1) is 17.6 Å². The van der Waals surface area contributed by atoms with Gasteiger partial charge in [0.2, 0.25) is 0 Å². The smallest absolute Gasteiger partial charge is 0.181 e. The highest BCUT2D eigenvalue weighted by molar-refractivity contribution is 7.89. The first kappa shape index (κ1) is 22.1. The van der Waals surface area contributed by atoms with Crippen LogP contribution in [-0.4, -0.2) is 57.3 Å². The summed E-state index contributed by atoms with van der Waals surface area (Å²) in [5, 5.41) is 12.2. The van der Waals surface area contributed by atoms with Crippen LogP contribution in [0, 0.1) is 0 Å². The molecule has 0 amide bonds. The van der Waals surface area contributed by atoms with Crippen LogP contribution in [0.3, 0.4) is 0 Å². The first-order chi connectivity index (χ1) is 17.1. The van der Waals surface area contributed by atoms with E-state index < -0.39 is 11.4 Å². The predicted molar refractivity (Wildman–Crippen MR) is 142 cm³/mol. The van der Waals surface area contributed by atoms with Gasteiger partial charge in [0, 0.05) is 60.8 Å². The van der Waals surface area contributed by atoms with E-state index in [0.29, 0.717) is 4.90 Å². The average molecular weight is 483 g/mol. The summed E-state index contributed by atoms with van der Waals surface area (Å²) in [6.07, 6.45) is 5.75. The molecule has 0 bridgehead atoms. The van der Waals surface area contributed by atoms with Gasteiger partial charge in [-0.3, -0.25) is 0 Å². The maximum Gasteiger partial charge on any atom is 0.181 e. The largest absolute Gasteiger partial charge is 0.593 e. The Morgan fingerprint density at radius 1 is 0.829 bits per heavy atom. The Bertz CT molecular complexity index is 1510. The molecule has 3 aromatic carbocycles. The second-order valence-corrected chi connectivity index (χ2v) is 10.00. The predicted octanol–water partition coefficient (Wildman–Crippen LogP) is 3.95. The van der Waals surface area contributed by atoms with E-state index >= 15 is 0 Å². The van der Waals surface area contributed by atoms with E-state index in [9.17, 15) is 4.55 Å². The third-order valence-electron chi connectivity index (χ3n) is 6.82. The molecule has 1 atom stereocenters. The van der Waals surface area contributed by atoms with Crippen LogP contribution in [-0.2, 0) is 11.4 Å². The number of nitrogens with two attached hydrogens (primary N) is 1. The summed E-state index contributed by atoms with van der Waals surface area (Å²) in [4.78, 5) is 10.2. The molecular weight excluding hydrogens is 456 g/mol. The van der Waals surface area contributed by atoms with E-state index in [2.05, 4.69) is 46.2 Å². The molecule has 3 heterocycles. The third kappa shape index (κ3) is 4.04. The molecule has 35 heavy (non-hydrogen) atoms. The zero-order valence-electron chi connectivity index (χ0n) is 19.5. The van der Waals surface area contributed by atoms with Gasteiger partial charge < -0.3 is 14.4 Å². The standard InChI is InChI=1S/C27H26N6OS/c1-31-12-14-32(15-13-31)21-8-6-19(7-9-21)20-16-29-27-25(17-30-33(27)18-20)23-10-11-26(35(28)34)24-5-3-2-4-22(23)24/h2-11,16-18H,12-15,28H2,1H3. The molecule has 6 rings (SSSR count). The summed E-state index contributed by atoms with van der Waals surface area (Å²) < 4.78 is 13.8. The van der Waals surface area contributed by atoms with Crippen LogP contribution in [0.1, 0.15) is 0 Å². The van der Waals surface area contributed by atoms with Crippen molar-refractivity contribution < 1.29 is 4.55 Å². The highest BCUT2D eigenvalue weighted by atomic mass is 32.2. The molecule has 8 heteroatoms. The van der Waals surface area contributed by atoms with E-state index in [0.717, 1.165) is 64.9 Å². The Morgan fingerprint density at radius 3 is 2.31 bits per heavy atom. The van der Waals surface area contributed by atoms with Gasteiger partial charge in [-0.2, -0.15) is 5.10 Å². The van der Waals surface area contributed by atoms with Gasteiger partial charge in [0.15, 0.2) is 10.5 Å². The highest BCUT2D eigenvalue weighted by Crippen LogP contribution is 2.34. The van der Waals surface area contributed by atoms with Crippen LogP contribution < -0.4 is 10.0 Å². The minimum absolute atomic E-state index is 0.621. The zero-order chi connectivity index (χ0) is 23.9. The van der Waals surface area contributed by atoms with Crippen molar-refractivity contribution in [3.05, 3.63) is 79.3 Å². The minimum atomic E-state index is -1.56. The molecule has 0 radical (unpaired) electrons. The molecule has 0 spiro atoms. The van der Waals surface area contributed by atoms with Crippen LogP contribution >= 0.6 is 0 Å². The van der Waals surface area contributed by atoms with Crippen molar-refractivity contribution >= 4 is 33.5 Å². The van der Waals surface area contributed by atoms with Crippen LogP contribution in [0.5, 0.6) is 0 Å². The quantitative estimate of drug-likeness (QED) is 0.391. The molecule has 1 aliphatic rings. The highest BCUT2D eigenvalue weighted by Gasteiger charge is 2.18. The van der Waals surface area contributed by atoms with E-state index in [4.69, 9.17) is 10.1 Å². The summed E-state index contributed by atoms with van der Waals surface area (Å²) >= 11 is -1.56. The van der Waals surface area contributed by atoms with E-state index in [1.54, 1.807) is 0 Å². The average Bonchev–Trinajstić information content (AvgIpc) is 3.31. The SMILES string of the molecule is CN1CCN(c2ccc(-c3cnc4c(-c5ccc([S+](N)[O-])c6ccccc56)cnn4c3)cc2)CC1. The number of nitrogens with zero attached hydrogens (tertiary/aromatic N) is 5. The molecule has 1 aliphatic heterocycles. The number of fused-ring (bicyclic) bond motifs is 2. The van der Waals surface area contributed by atoms with Gasteiger partial charge in [-0.05, 0) is 53.9 Å². The van der Waals surface area contributed by atoms with Gasteiger partial charge >= 0.3 is 0 Å². The fourth-order valence-electron chi connectivity index (χ4n) is 4.82. The monoisotopic (exact) mass is 482 g/mol. The van der Waals surface area contributed by atoms with Crippen molar-refractivity contribution in [1.29, 1.82) is 0 Å². The van der Waals surface area contributed by atoms with E-state index in [1.165, 1.54) is 5.69 Å². The van der Waals surface area contributed by atoms with Crippen molar-refractivity contribution in [2.45, 2.75) is 4.90 Å². The second-order valence-electron chi connectivity index (χ2n) is 8.96.